The lowest BCUT2D eigenvalue weighted by molar-refractivity contribution is -0.138. The Morgan fingerprint density at radius 3 is 2.50 bits per heavy atom. The van der Waals surface area contributed by atoms with E-state index < -0.39 is 0 Å². The van der Waals surface area contributed by atoms with Crippen molar-refractivity contribution in [3.63, 3.8) is 0 Å². The lowest BCUT2D eigenvalue weighted by atomic mass is 9.84. The number of hydrogen-bond donors (Lipinski definition) is 2. The standard InChI is InChI=1S/C22H36N4O2/c1-23-21(25-18-22(13-7-8-14-22)20(27)26(2)3)24-15-9-10-16-28-17-19-11-5-4-6-12-19/h4-6,11-12H,7-10,13-18H2,1-3H3,(H2,23,24,25). The molecule has 0 radical (unpaired) electrons. The molecule has 0 unspecified atom stereocenters. The predicted octanol–water partition coefficient (Wildman–Crippen LogP) is 2.80. The van der Waals surface area contributed by atoms with Gasteiger partial charge in [-0.15, -0.1) is 0 Å². The van der Waals surface area contributed by atoms with Gasteiger partial charge in [0.15, 0.2) is 5.96 Å². The molecule has 0 saturated heterocycles. The topological polar surface area (TPSA) is 66.0 Å². The van der Waals surface area contributed by atoms with Gasteiger partial charge in [0, 0.05) is 40.8 Å². The van der Waals surface area contributed by atoms with Crippen LogP contribution in [0.5, 0.6) is 0 Å². The third-order valence-electron chi connectivity index (χ3n) is 5.36. The number of unbranched alkanes of at least 4 members (excludes halogenated alkanes) is 1. The van der Waals surface area contributed by atoms with Crippen LogP contribution >= 0.6 is 0 Å². The van der Waals surface area contributed by atoms with Crippen molar-refractivity contribution < 1.29 is 9.53 Å². The Balaban J connectivity index is 1.62. The molecule has 1 fully saturated rings. The van der Waals surface area contributed by atoms with Gasteiger partial charge in [-0.2, -0.15) is 0 Å². The largest absolute Gasteiger partial charge is 0.377 e. The maximum Gasteiger partial charge on any atom is 0.230 e. The quantitative estimate of drug-likeness (QED) is 0.367. The zero-order chi connectivity index (χ0) is 20.2. The van der Waals surface area contributed by atoms with E-state index in [1.165, 1.54) is 5.56 Å². The molecule has 1 aromatic carbocycles. The third kappa shape index (κ3) is 6.82. The Kier molecular flexibility index (Phi) is 9.28. The average molecular weight is 389 g/mol. The SMILES string of the molecule is CN=C(NCCCCOCc1ccccc1)NCC1(C(=O)N(C)C)CCCC1. The minimum absolute atomic E-state index is 0.225. The summed E-state index contributed by atoms with van der Waals surface area (Å²) in [6.07, 6.45) is 6.16. The van der Waals surface area contributed by atoms with Crippen molar-refractivity contribution in [1.29, 1.82) is 0 Å². The Morgan fingerprint density at radius 1 is 1.14 bits per heavy atom. The summed E-state index contributed by atoms with van der Waals surface area (Å²) in [7, 11) is 5.46. The smallest absolute Gasteiger partial charge is 0.230 e. The number of rotatable bonds is 10. The molecule has 1 aliphatic rings. The van der Waals surface area contributed by atoms with Crippen molar-refractivity contribution in [2.24, 2.45) is 10.4 Å². The number of amides is 1. The van der Waals surface area contributed by atoms with Crippen LogP contribution in [-0.2, 0) is 16.1 Å². The Hall–Kier alpha value is -2.08. The molecule has 6 heteroatoms. The van der Waals surface area contributed by atoms with Crippen molar-refractivity contribution >= 4 is 11.9 Å². The van der Waals surface area contributed by atoms with E-state index in [9.17, 15) is 4.79 Å². The summed E-state index contributed by atoms with van der Waals surface area (Å²) in [5.41, 5.74) is 0.921. The number of aliphatic imine (C=N–C) groups is 1. The molecular formula is C22H36N4O2. The van der Waals surface area contributed by atoms with E-state index in [2.05, 4.69) is 27.8 Å². The third-order valence-corrected chi connectivity index (χ3v) is 5.36. The van der Waals surface area contributed by atoms with E-state index in [0.717, 1.165) is 57.6 Å². The van der Waals surface area contributed by atoms with Crippen LogP contribution in [0.3, 0.4) is 0 Å². The Bertz CT molecular complexity index is 610. The van der Waals surface area contributed by atoms with Crippen molar-refractivity contribution in [2.75, 3.05) is 40.8 Å². The second-order valence-electron chi connectivity index (χ2n) is 7.78. The highest BCUT2D eigenvalue weighted by Gasteiger charge is 2.42. The molecule has 0 atom stereocenters. The summed E-state index contributed by atoms with van der Waals surface area (Å²) < 4.78 is 5.71. The Labute approximate surface area is 169 Å². The van der Waals surface area contributed by atoms with Crippen molar-refractivity contribution in [3.8, 4) is 0 Å². The molecule has 1 amide bonds. The maximum absolute atomic E-state index is 12.6. The molecule has 2 N–H and O–H groups in total. The molecule has 0 spiro atoms. The van der Waals surface area contributed by atoms with Gasteiger partial charge in [-0.05, 0) is 31.2 Å². The average Bonchev–Trinajstić information content (AvgIpc) is 3.19. The highest BCUT2D eigenvalue weighted by Crippen LogP contribution is 2.38. The lowest BCUT2D eigenvalue weighted by Gasteiger charge is -2.31. The highest BCUT2D eigenvalue weighted by atomic mass is 16.5. The van der Waals surface area contributed by atoms with Crippen LogP contribution in [0.4, 0.5) is 0 Å². The van der Waals surface area contributed by atoms with Gasteiger partial charge in [0.1, 0.15) is 0 Å². The second kappa shape index (κ2) is 11.7. The zero-order valence-electron chi connectivity index (χ0n) is 17.7. The first-order chi connectivity index (χ1) is 13.6. The van der Waals surface area contributed by atoms with Crippen LogP contribution < -0.4 is 10.6 Å². The maximum atomic E-state index is 12.6. The van der Waals surface area contributed by atoms with Gasteiger partial charge in [0.2, 0.25) is 5.91 Å². The van der Waals surface area contributed by atoms with E-state index in [1.807, 2.05) is 32.3 Å². The summed E-state index contributed by atoms with van der Waals surface area (Å²) in [6, 6.07) is 10.2. The summed E-state index contributed by atoms with van der Waals surface area (Å²) in [5, 5.41) is 6.72. The molecule has 28 heavy (non-hydrogen) atoms. The molecule has 1 saturated carbocycles. The van der Waals surface area contributed by atoms with Crippen LogP contribution in [0.15, 0.2) is 35.3 Å². The molecule has 156 valence electrons. The van der Waals surface area contributed by atoms with Gasteiger partial charge in [-0.25, -0.2) is 0 Å². The number of hydrogen-bond acceptors (Lipinski definition) is 3. The van der Waals surface area contributed by atoms with Gasteiger partial charge >= 0.3 is 0 Å². The number of ether oxygens (including phenoxy) is 1. The second-order valence-corrected chi connectivity index (χ2v) is 7.78. The summed E-state index contributed by atoms with van der Waals surface area (Å²) in [6.45, 7) is 2.90. The molecule has 0 aromatic heterocycles. The number of nitrogens with zero attached hydrogens (tertiary/aromatic N) is 2. The fourth-order valence-electron chi connectivity index (χ4n) is 3.77. The first kappa shape index (κ1) is 22.2. The zero-order valence-corrected chi connectivity index (χ0v) is 17.7. The van der Waals surface area contributed by atoms with Crippen molar-refractivity contribution in [2.45, 2.75) is 45.1 Å². The van der Waals surface area contributed by atoms with E-state index in [-0.39, 0.29) is 11.3 Å². The van der Waals surface area contributed by atoms with E-state index in [1.54, 1.807) is 11.9 Å². The lowest BCUT2D eigenvalue weighted by Crippen LogP contribution is -2.49. The minimum atomic E-state index is -0.285. The van der Waals surface area contributed by atoms with Gasteiger partial charge in [0.25, 0.3) is 0 Å². The number of benzene rings is 1. The van der Waals surface area contributed by atoms with Gasteiger partial charge in [-0.3, -0.25) is 9.79 Å². The number of carbonyl (C=O) groups excluding carboxylic acids is 1. The van der Waals surface area contributed by atoms with Gasteiger partial charge in [0.05, 0.1) is 12.0 Å². The molecule has 0 bridgehead atoms. The minimum Gasteiger partial charge on any atom is -0.377 e. The number of carbonyl (C=O) groups is 1. The van der Waals surface area contributed by atoms with E-state index >= 15 is 0 Å². The van der Waals surface area contributed by atoms with Crippen LogP contribution in [0.1, 0.15) is 44.1 Å². The molecular weight excluding hydrogens is 352 g/mol. The number of guanidine groups is 1. The summed E-state index contributed by atoms with van der Waals surface area (Å²) in [5.74, 6) is 0.992. The van der Waals surface area contributed by atoms with Crippen LogP contribution in [-0.4, -0.2) is 57.6 Å². The predicted molar refractivity (Wildman–Crippen MR) is 114 cm³/mol. The van der Waals surface area contributed by atoms with Crippen LogP contribution in [0.2, 0.25) is 0 Å². The van der Waals surface area contributed by atoms with Crippen molar-refractivity contribution in [1.82, 2.24) is 15.5 Å². The van der Waals surface area contributed by atoms with Crippen LogP contribution in [0, 0.1) is 5.41 Å². The molecule has 0 heterocycles. The van der Waals surface area contributed by atoms with E-state index in [4.69, 9.17) is 4.74 Å². The molecule has 6 nitrogen and oxygen atoms in total. The van der Waals surface area contributed by atoms with Crippen LogP contribution in [0.25, 0.3) is 0 Å². The van der Waals surface area contributed by atoms with Crippen molar-refractivity contribution in [3.05, 3.63) is 35.9 Å². The molecule has 2 rings (SSSR count). The first-order valence-corrected chi connectivity index (χ1v) is 10.4. The van der Waals surface area contributed by atoms with E-state index in [0.29, 0.717) is 13.2 Å². The molecule has 1 aromatic rings. The monoisotopic (exact) mass is 388 g/mol. The fourth-order valence-corrected chi connectivity index (χ4v) is 3.77. The summed E-state index contributed by atoms with van der Waals surface area (Å²) >= 11 is 0. The van der Waals surface area contributed by atoms with Gasteiger partial charge < -0.3 is 20.3 Å². The number of nitrogens with one attached hydrogen (secondary N) is 2. The fraction of sp³-hybridized carbons (Fsp3) is 0.636. The molecule has 1 aliphatic carbocycles. The summed E-state index contributed by atoms with van der Waals surface area (Å²) in [4.78, 5) is 18.7. The van der Waals surface area contributed by atoms with Gasteiger partial charge in [-0.1, -0.05) is 43.2 Å². The first-order valence-electron chi connectivity index (χ1n) is 10.4. The highest BCUT2D eigenvalue weighted by molar-refractivity contribution is 5.85. The molecule has 0 aliphatic heterocycles. The normalized spacial score (nSPS) is 16.0. The Morgan fingerprint density at radius 2 is 1.86 bits per heavy atom.